The van der Waals surface area contributed by atoms with Crippen LogP contribution in [0.4, 0.5) is 14.0 Å². The van der Waals surface area contributed by atoms with Gasteiger partial charge in [-0.05, 0) is 66.2 Å². The van der Waals surface area contributed by atoms with Gasteiger partial charge in [0.25, 0.3) is 5.91 Å². The van der Waals surface area contributed by atoms with E-state index in [1.165, 1.54) is 26.1 Å². The van der Waals surface area contributed by atoms with E-state index in [2.05, 4.69) is 5.10 Å². The van der Waals surface area contributed by atoms with Gasteiger partial charge in [-0.15, -0.1) is 5.06 Å². The lowest BCUT2D eigenvalue weighted by Crippen LogP contribution is -2.59. The number of hydrogen-bond donors (Lipinski definition) is 0. The summed E-state index contributed by atoms with van der Waals surface area (Å²) in [4.78, 5) is 44.3. The number of rotatable bonds is 2. The van der Waals surface area contributed by atoms with E-state index in [1.54, 1.807) is 41.5 Å². The summed E-state index contributed by atoms with van der Waals surface area (Å²) >= 11 is 0. The Labute approximate surface area is 180 Å². The number of ether oxygens (including phenoxy) is 2. The topological polar surface area (TPSA) is 97.7 Å². The summed E-state index contributed by atoms with van der Waals surface area (Å²) in [6.45, 7) is 11.2. The van der Waals surface area contributed by atoms with Gasteiger partial charge in [-0.25, -0.2) is 19.0 Å². The standard InChI is InChI=1S/C21H28FN3O6/c1-13-21(16(26)24(8)23-13,14-9-11-15(22)12-10-14)25(17(27)29-19(2,3)4)31-18(28)30-20(5,6)7/h9-12H,1-8H3. The Kier molecular flexibility index (Phi) is 6.35. The number of carbonyl (C=O) groups is 3. The molecule has 2 amide bonds. The molecule has 1 aliphatic rings. The molecule has 170 valence electrons. The molecular formula is C21H28FN3O6. The molecule has 1 aromatic rings. The zero-order valence-electron chi connectivity index (χ0n) is 19.0. The van der Waals surface area contributed by atoms with E-state index in [9.17, 15) is 18.8 Å². The molecule has 0 bridgehead atoms. The number of nitrogens with zero attached hydrogens (tertiary/aromatic N) is 3. The third-order valence-electron chi connectivity index (χ3n) is 4.11. The van der Waals surface area contributed by atoms with E-state index in [1.807, 2.05) is 0 Å². The highest BCUT2D eigenvalue weighted by Crippen LogP contribution is 2.38. The molecule has 1 atom stereocenters. The Morgan fingerprint density at radius 1 is 1.03 bits per heavy atom. The maximum absolute atomic E-state index is 13.6. The second kappa shape index (κ2) is 8.16. The van der Waals surface area contributed by atoms with Gasteiger partial charge >= 0.3 is 12.2 Å². The number of amides is 2. The Morgan fingerprint density at radius 3 is 1.97 bits per heavy atom. The Hall–Kier alpha value is -3.17. The molecule has 0 N–H and O–H groups in total. The molecule has 31 heavy (non-hydrogen) atoms. The summed E-state index contributed by atoms with van der Waals surface area (Å²) < 4.78 is 24.2. The van der Waals surface area contributed by atoms with Crippen LogP contribution in [0.3, 0.4) is 0 Å². The van der Waals surface area contributed by atoms with Gasteiger partial charge in [0.2, 0.25) is 5.54 Å². The largest absolute Gasteiger partial charge is 0.534 e. The van der Waals surface area contributed by atoms with Crippen molar-refractivity contribution < 1.29 is 33.1 Å². The normalized spacial score (nSPS) is 19.1. The fourth-order valence-electron chi connectivity index (χ4n) is 3.00. The third-order valence-corrected chi connectivity index (χ3v) is 4.11. The van der Waals surface area contributed by atoms with Crippen molar-refractivity contribution in [2.45, 2.75) is 65.2 Å². The van der Waals surface area contributed by atoms with Crippen LogP contribution < -0.4 is 0 Å². The quantitative estimate of drug-likeness (QED) is 0.513. The highest BCUT2D eigenvalue weighted by atomic mass is 19.1. The lowest BCUT2D eigenvalue weighted by Gasteiger charge is -2.38. The fourth-order valence-corrected chi connectivity index (χ4v) is 3.00. The van der Waals surface area contributed by atoms with Crippen LogP contribution in [0.15, 0.2) is 29.4 Å². The Balaban J connectivity index is 2.67. The molecule has 0 aliphatic carbocycles. The van der Waals surface area contributed by atoms with Crippen LogP contribution in [-0.4, -0.2) is 52.2 Å². The van der Waals surface area contributed by atoms with Crippen LogP contribution in [0, 0.1) is 5.82 Å². The fraction of sp³-hybridized carbons (Fsp3) is 0.524. The minimum atomic E-state index is -2.01. The first kappa shape index (κ1) is 24.1. The number of benzene rings is 1. The number of halogens is 1. The second-order valence-electron chi connectivity index (χ2n) is 9.06. The monoisotopic (exact) mass is 437 g/mol. The highest BCUT2D eigenvalue weighted by Gasteiger charge is 2.59. The van der Waals surface area contributed by atoms with E-state index in [-0.39, 0.29) is 11.3 Å². The first-order valence-electron chi connectivity index (χ1n) is 9.62. The van der Waals surface area contributed by atoms with Gasteiger partial charge in [0.05, 0.1) is 5.71 Å². The van der Waals surface area contributed by atoms with E-state index < -0.39 is 40.7 Å². The zero-order valence-corrected chi connectivity index (χ0v) is 19.0. The third kappa shape index (κ3) is 5.12. The summed E-state index contributed by atoms with van der Waals surface area (Å²) in [6, 6.07) is 4.86. The smallest absolute Gasteiger partial charge is 0.442 e. The predicted octanol–water partition coefficient (Wildman–Crippen LogP) is 3.97. The van der Waals surface area contributed by atoms with Crippen molar-refractivity contribution >= 4 is 23.9 Å². The van der Waals surface area contributed by atoms with Gasteiger partial charge in [-0.1, -0.05) is 12.1 Å². The summed E-state index contributed by atoms with van der Waals surface area (Å²) in [5, 5.41) is 5.64. The van der Waals surface area contributed by atoms with E-state index in [0.717, 1.165) is 17.1 Å². The maximum atomic E-state index is 13.6. The van der Waals surface area contributed by atoms with Crippen molar-refractivity contribution in [3.63, 3.8) is 0 Å². The molecule has 0 aromatic heterocycles. The van der Waals surface area contributed by atoms with Crippen molar-refractivity contribution in [3.8, 4) is 0 Å². The number of carbonyl (C=O) groups excluding carboxylic acids is 3. The molecule has 0 saturated carbocycles. The van der Waals surface area contributed by atoms with E-state index >= 15 is 0 Å². The molecule has 2 rings (SSSR count). The molecule has 0 radical (unpaired) electrons. The average molecular weight is 437 g/mol. The summed E-state index contributed by atoms with van der Waals surface area (Å²) in [5.74, 6) is -1.25. The molecule has 1 aromatic carbocycles. The summed E-state index contributed by atoms with van der Waals surface area (Å²) in [5.41, 5.74) is -3.66. The Morgan fingerprint density at radius 2 is 1.55 bits per heavy atom. The maximum Gasteiger partial charge on any atom is 0.534 e. The minimum Gasteiger partial charge on any atom is -0.442 e. The minimum absolute atomic E-state index is 0.112. The van der Waals surface area contributed by atoms with Crippen LogP contribution in [0.5, 0.6) is 0 Å². The average Bonchev–Trinajstić information content (AvgIpc) is 2.80. The van der Waals surface area contributed by atoms with E-state index in [0.29, 0.717) is 5.06 Å². The van der Waals surface area contributed by atoms with Crippen LogP contribution in [0.2, 0.25) is 0 Å². The lowest BCUT2D eigenvalue weighted by molar-refractivity contribution is -0.181. The van der Waals surface area contributed by atoms with Crippen molar-refractivity contribution in [2.75, 3.05) is 7.05 Å². The first-order valence-corrected chi connectivity index (χ1v) is 9.62. The number of hydrogen-bond acceptors (Lipinski definition) is 7. The molecule has 10 heteroatoms. The van der Waals surface area contributed by atoms with Crippen LogP contribution in [0.1, 0.15) is 54.0 Å². The van der Waals surface area contributed by atoms with Gasteiger partial charge < -0.3 is 9.47 Å². The molecule has 0 spiro atoms. The molecule has 9 nitrogen and oxygen atoms in total. The number of likely N-dealkylation sites (N-methyl/N-ethyl adjacent to an activating group) is 1. The van der Waals surface area contributed by atoms with Gasteiger partial charge in [-0.2, -0.15) is 5.10 Å². The second-order valence-corrected chi connectivity index (χ2v) is 9.06. The van der Waals surface area contributed by atoms with Gasteiger partial charge in [-0.3, -0.25) is 9.63 Å². The van der Waals surface area contributed by atoms with E-state index in [4.69, 9.17) is 14.3 Å². The Bertz CT molecular complexity index is 901. The molecular weight excluding hydrogens is 409 g/mol. The molecule has 1 aliphatic heterocycles. The lowest BCUT2D eigenvalue weighted by atomic mass is 9.85. The van der Waals surface area contributed by atoms with Crippen molar-refractivity contribution in [1.29, 1.82) is 0 Å². The summed E-state index contributed by atoms with van der Waals surface area (Å²) in [7, 11) is 1.39. The molecule has 0 fully saturated rings. The van der Waals surface area contributed by atoms with Crippen molar-refractivity contribution in [1.82, 2.24) is 10.1 Å². The highest BCUT2D eigenvalue weighted by molar-refractivity contribution is 6.17. The SMILES string of the molecule is CC1=NN(C)C(=O)C1(c1ccc(F)cc1)N(OC(=O)OC(C)(C)C)C(=O)OC(C)(C)C. The molecule has 1 heterocycles. The van der Waals surface area contributed by atoms with Crippen LogP contribution in [-0.2, 0) is 24.6 Å². The van der Waals surface area contributed by atoms with Crippen LogP contribution >= 0.6 is 0 Å². The van der Waals surface area contributed by atoms with Crippen LogP contribution in [0.25, 0.3) is 0 Å². The van der Waals surface area contributed by atoms with Crippen molar-refractivity contribution in [2.24, 2.45) is 5.10 Å². The first-order chi connectivity index (χ1) is 14.1. The van der Waals surface area contributed by atoms with Crippen molar-refractivity contribution in [3.05, 3.63) is 35.6 Å². The number of hydrazone groups is 1. The molecule has 1 unspecified atom stereocenters. The van der Waals surface area contributed by atoms with Gasteiger partial charge in [0, 0.05) is 7.05 Å². The zero-order chi connectivity index (χ0) is 23.8. The molecule has 0 saturated heterocycles. The number of hydroxylamine groups is 2. The predicted molar refractivity (Wildman–Crippen MR) is 109 cm³/mol. The summed E-state index contributed by atoms with van der Waals surface area (Å²) in [6.07, 6.45) is -2.35. The van der Waals surface area contributed by atoms with Gasteiger partial charge in [0.1, 0.15) is 17.0 Å². The van der Waals surface area contributed by atoms with Gasteiger partial charge in [0.15, 0.2) is 0 Å².